The molecule has 1 aromatic heterocycles. The van der Waals surface area contributed by atoms with E-state index in [2.05, 4.69) is 29.3 Å². The SMILES string of the molecule is CC(C)c1cc(C(C)C)c(S(=O)(=O)c2n[nH]nc2C(N)=O)c(C(C)C)c1. The number of sulfone groups is 1. The molecular formula is C18H26N4O3S. The molecule has 0 radical (unpaired) electrons. The molecule has 0 saturated heterocycles. The van der Waals surface area contributed by atoms with Crippen LogP contribution in [0.5, 0.6) is 0 Å². The number of carbonyl (C=O) groups is 1. The second kappa shape index (κ2) is 7.19. The first-order chi connectivity index (χ1) is 12.0. The van der Waals surface area contributed by atoms with Crippen molar-refractivity contribution in [2.75, 3.05) is 0 Å². The van der Waals surface area contributed by atoms with Gasteiger partial charge in [-0.25, -0.2) is 8.42 Å². The molecule has 142 valence electrons. The Kier molecular flexibility index (Phi) is 5.55. The highest BCUT2D eigenvalue weighted by Gasteiger charge is 2.34. The van der Waals surface area contributed by atoms with Crippen molar-refractivity contribution in [2.24, 2.45) is 5.73 Å². The fraction of sp³-hybridized carbons (Fsp3) is 0.500. The van der Waals surface area contributed by atoms with Gasteiger partial charge in [0.1, 0.15) is 0 Å². The molecule has 0 fully saturated rings. The van der Waals surface area contributed by atoms with Gasteiger partial charge < -0.3 is 5.73 Å². The molecule has 0 atom stereocenters. The molecule has 7 nitrogen and oxygen atoms in total. The summed E-state index contributed by atoms with van der Waals surface area (Å²) in [6.07, 6.45) is 0. The van der Waals surface area contributed by atoms with E-state index in [1.165, 1.54) is 0 Å². The van der Waals surface area contributed by atoms with Crippen LogP contribution in [0.15, 0.2) is 22.1 Å². The van der Waals surface area contributed by atoms with E-state index in [-0.39, 0.29) is 28.3 Å². The van der Waals surface area contributed by atoms with Crippen LogP contribution in [0.2, 0.25) is 0 Å². The van der Waals surface area contributed by atoms with E-state index in [9.17, 15) is 13.2 Å². The van der Waals surface area contributed by atoms with E-state index in [0.29, 0.717) is 11.1 Å². The molecule has 0 unspecified atom stereocenters. The van der Waals surface area contributed by atoms with Crippen molar-refractivity contribution in [1.29, 1.82) is 0 Å². The maximum Gasteiger partial charge on any atom is 0.272 e. The minimum Gasteiger partial charge on any atom is -0.364 e. The van der Waals surface area contributed by atoms with Crippen molar-refractivity contribution in [1.82, 2.24) is 15.4 Å². The molecule has 2 rings (SSSR count). The van der Waals surface area contributed by atoms with Gasteiger partial charge in [0.15, 0.2) is 5.69 Å². The number of hydrogen-bond donors (Lipinski definition) is 2. The van der Waals surface area contributed by atoms with Crippen molar-refractivity contribution in [2.45, 2.75) is 69.2 Å². The van der Waals surface area contributed by atoms with Crippen LogP contribution in [0.4, 0.5) is 0 Å². The Labute approximate surface area is 154 Å². The first-order valence-corrected chi connectivity index (χ1v) is 10.1. The molecule has 0 saturated carbocycles. The van der Waals surface area contributed by atoms with Gasteiger partial charge in [-0.1, -0.05) is 53.7 Å². The molecule has 1 amide bonds. The lowest BCUT2D eigenvalue weighted by Crippen LogP contribution is -2.19. The number of nitrogens with one attached hydrogen (secondary N) is 1. The van der Waals surface area contributed by atoms with Crippen molar-refractivity contribution >= 4 is 15.7 Å². The highest BCUT2D eigenvalue weighted by atomic mass is 32.2. The summed E-state index contributed by atoms with van der Waals surface area (Å²) in [6, 6.07) is 3.86. The lowest BCUT2D eigenvalue weighted by molar-refractivity contribution is 0.0992. The maximum atomic E-state index is 13.4. The molecule has 1 aromatic carbocycles. The molecular weight excluding hydrogens is 352 g/mol. The number of H-pyrrole nitrogens is 1. The average Bonchev–Trinajstić information content (AvgIpc) is 3.03. The molecule has 0 aliphatic carbocycles. The zero-order valence-corrected chi connectivity index (χ0v) is 16.8. The highest BCUT2D eigenvalue weighted by Crippen LogP contribution is 2.37. The van der Waals surface area contributed by atoms with Gasteiger partial charge in [-0.15, -0.1) is 10.2 Å². The Bertz CT molecular complexity index is 899. The summed E-state index contributed by atoms with van der Waals surface area (Å²) < 4.78 is 26.8. The Hall–Kier alpha value is -2.22. The number of aromatic nitrogens is 3. The van der Waals surface area contributed by atoms with Gasteiger partial charge in [-0.05, 0) is 34.4 Å². The van der Waals surface area contributed by atoms with Crippen LogP contribution < -0.4 is 5.73 Å². The number of carbonyl (C=O) groups excluding carboxylic acids is 1. The fourth-order valence-corrected chi connectivity index (χ4v) is 4.83. The van der Waals surface area contributed by atoms with Gasteiger partial charge in [0, 0.05) is 0 Å². The van der Waals surface area contributed by atoms with E-state index in [0.717, 1.165) is 5.56 Å². The minimum atomic E-state index is -4.07. The number of hydrogen-bond acceptors (Lipinski definition) is 5. The summed E-state index contributed by atoms with van der Waals surface area (Å²) in [5.74, 6) is -0.733. The number of rotatable bonds is 6. The number of nitrogens with two attached hydrogens (primary N) is 1. The van der Waals surface area contributed by atoms with E-state index in [4.69, 9.17) is 5.73 Å². The standard InChI is InChI=1S/C18H26N4O3S/c1-9(2)12-7-13(10(3)4)16(14(8-12)11(5)6)26(24,25)18-15(17(19)23)20-22-21-18/h7-11H,1-6H3,(H2,19,23)(H,20,21,22). The largest absolute Gasteiger partial charge is 0.364 e. The van der Waals surface area contributed by atoms with Gasteiger partial charge in [0.05, 0.1) is 4.90 Å². The second-order valence-corrected chi connectivity index (χ2v) is 9.14. The lowest BCUT2D eigenvalue weighted by Gasteiger charge is -2.22. The summed E-state index contributed by atoms with van der Waals surface area (Å²) in [7, 11) is -4.07. The number of aromatic amines is 1. The first kappa shape index (κ1) is 20.1. The van der Waals surface area contributed by atoms with Gasteiger partial charge in [0.25, 0.3) is 5.91 Å². The summed E-state index contributed by atoms with van der Waals surface area (Å²) in [4.78, 5) is 11.8. The van der Waals surface area contributed by atoms with Gasteiger partial charge in [-0.3, -0.25) is 4.79 Å². The van der Waals surface area contributed by atoms with Crippen LogP contribution in [-0.2, 0) is 9.84 Å². The van der Waals surface area contributed by atoms with Crippen LogP contribution >= 0.6 is 0 Å². The number of benzene rings is 1. The van der Waals surface area contributed by atoms with Crippen LogP contribution in [0, 0.1) is 0 Å². The van der Waals surface area contributed by atoms with Crippen LogP contribution in [0.3, 0.4) is 0 Å². The fourth-order valence-electron chi connectivity index (χ4n) is 2.87. The smallest absolute Gasteiger partial charge is 0.272 e. The van der Waals surface area contributed by atoms with Crippen LogP contribution in [0.1, 0.15) is 86.5 Å². The molecule has 1 heterocycles. The molecule has 0 spiro atoms. The molecule has 0 bridgehead atoms. The Morgan fingerprint density at radius 1 is 0.962 bits per heavy atom. The van der Waals surface area contributed by atoms with E-state index in [1.807, 2.05) is 39.8 Å². The zero-order chi connectivity index (χ0) is 19.8. The van der Waals surface area contributed by atoms with Crippen molar-refractivity contribution in [3.05, 3.63) is 34.5 Å². The Balaban J connectivity index is 2.90. The lowest BCUT2D eigenvalue weighted by atomic mass is 9.89. The van der Waals surface area contributed by atoms with E-state index >= 15 is 0 Å². The molecule has 26 heavy (non-hydrogen) atoms. The van der Waals surface area contributed by atoms with Gasteiger partial charge in [0.2, 0.25) is 14.9 Å². The number of nitrogens with zero attached hydrogens (tertiary/aromatic N) is 2. The third kappa shape index (κ3) is 3.51. The maximum absolute atomic E-state index is 13.4. The first-order valence-electron chi connectivity index (χ1n) is 8.61. The van der Waals surface area contributed by atoms with Gasteiger partial charge >= 0.3 is 0 Å². The quantitative estimate of drug-likeness (QED) is 0.800. The molecule has 0 aliphatic heterocycles. The Morgan fingerprint density at radius 3 is 1.85 bits per heavy atom. The monoisotopic (exact) mass is 378 g/mol. The molecule has 0 aliphatic rings. The second-order valence-electron chi connectivity index (χ2n) is 7.34. The predicted molar refractivity (Wildman–Crippen MR) is 99.1 cm³/mol. The molecule has 2 aromatic rings. The van der Waals surface area contributed by atoms with Crippen molar-refractivity contribution < 1.29 is 13.2 Å². The summed E-state index contributed by atoms with van der Waals surface area (Å²) in [5, 5.41) is 9.11. The van der Waals surface area contributed by atoms with E-state index in [1.54, 1.807) is 0 Å². The normalized spacial score (nSPS) is 12.3. The van der Waals surface area contributed by atoms with E-state index < -0.39 is 20.8 Å². The number of primary amides is 1. The Morgan fingerprint density at radius 2 is 1.46 bits per heavy atom. The van der Waals surface area contributed by atoms with Crippen molar-refractivity contribution in [3.8, 4) is 0 Å². The highest BCUT2D eigenvalue weighted by molar-refractivity contribution is 7.91. The van der Waals surface area contributed by atoms with Gasteiger partial charge in [-0.2, -0.15) is 5.21 Å². The molecule has 8 heteroatoms. The summed E-state index contributed by atoms with van der Waals surface area (Å²) in [6.45, 7) is 11.9. The third-order valence-corrected chi connectivity index (χ3v) is 6.15. The van der Waals surface area contributed by atoms with Crippen LogP contribution in [0.25, 0.3) is 0 Å². The zero-order valence-electron chi connectivity index (χ0n) is 16.0. The minimum absolute atomic E-state index is 0.0279. The topological polar surface area (TPSA) is 119 Å². The predicted octanol–water partition coefficient (Wildman–Crippen LogP) is 3.11. The summed E-state index contributed by atoms with van der Waals surface area (Å²) in [5.41, 5.74) is 7.38. The third-order valence-electron chi connectivity index (χ3n) is 4.35. The number of amides is 1. The average molecular weight is 378 g/mol. The van der Waals surface area contributed by atoms with Crippen molar-refractivity contribution in [3.63, 3.8) is 0 Å². The van der Waals surface area contributed by atoms with Crippen LogP contribution in [-0.4, -0.2) is 29.7 Å². The molecule has 3 N–H and O–H groups in total. The summed E-state index contributed by atoms with van der Waals surface area (Å²) >= 11 is 0.